The van der Waals surface area contributed by atoms with Crippen LogP contribution < -0.4 is 5.32 Å². The van der Waals surface area contributed by atoms with Crippen LogP contribution in [-0.2, 0) is 38.3 Å². The number of carbonyl (C=O) groups excluding carboxylic acids is 1. The molecule has 1 unspecified atom stereocenters. The number of halogens is 1. The van der Waals surface area contributed by atoms with E-state index in [4.69, 9.17) is 4.74 Å². The molecule has 0 saturated carbocycles. The Morgan fingerprint density at radius 3 is 2.86 bits per heavy atom. The first-order valence-electron chi connectivity index (χ1n) is 9.04. The zero-order valence-electron chi connectivity index (χ0n) is 15.1. The summed E-state index contributed by atoms with van der Waals surface area (Å²) in [5.74, 6) is -0.778. The summed E-state index contributed by atoms with van der Waals surface area (Å²) in [5.41, 5.74) is 1.36. The zero-order valence-corrected chi connectivity index (χ0v) is 16.7. The van der Waals surface area contributed by atoms with E-state index >= 15 is 0 Å². The Balaban J connectivity index is 1.43. The molecule has 2 aliphatic rings. The number of fused-ring (bicyclic) bond motifs is 1. The normalized spacial score (nSPS) is 20.1. The van der Waals surface area contributed by atoms with Crippen LogP contribution in [0.2, 0.25) is 0 Å². The molecule has 1 atom stereocenters. The van der Waals surface area contributed by atoms with Gasteiger partial charge in [0, 0.05) is 31.0 Å². The van der Waals surface area contributed by atoms with E-state index < -0.39 is 21.9 Å². The summed E-state index contributed by atoms with van der Waals surface area (Å²) in [4.78, 5) is 17.4. The van der Waals surface area contributed by atoms with Crippen LogP contribution in [0.3, 0.4) is 0 Å². The highest BCUT2D eigenvalue weighted by Gasteiger charge is 2.30. The van der Waals surface area contributed by atoms with Crippen molar-refractivity contribution in [3.63, 3.8) is 0 Å². The van der Waals surface area contributed by atoms with Crippen LogP contribution in [0.25, 0.3) is 0 Å². The number of nitrogens with one attached hydrogen (secondary N) is 1. The fourth-order valence-electron chi connectivity index (χ4n) is 3.32. The van der Waals surface area contributed by atoms with E-state index in [0.29, 0.717) is 36.7 Å². The van der Waals surface area contributed by atoms with Crippen LogP contribution in [0.5, 0.6) is 0 Å². The van der Waals surface area contributed by atoms with Gasteiger partial charge in [0.05, 0.1) is 11.4 Å². The number of hydrogen-bond acceptors (Lipinski definition) is 6. The average molecular weight is 426 g/mol. The molecule has 10 heteroatoms. The van der Waals surface area contributed by atoms with Gasteiger partial charge < -0.3 is 4.74 Å². The van der Waals surface area contributed by atoms with Gasteiger partial charge in [-0.15, -0.1) is 11.3 Å². The lowest BCUT2D eigenvalue weighted by Gasteiger charge is -2.25. The quantitative estimate of drug-likeness (QED) is 0.794. The maximum atomic E-state index is 13.0. The molecular weight excluding hydrogens is 405 g/mol. The van der Waals surface area contributed by atoms with Crippen LogP contribution in [0.4, 0.5) is 9.52 Å². The SMILES string of the molecule is O=C(Nc1nc2c(s1)CN(S(=O)(=O)Cc1ccc(F)cc1)CC2)C1CCCO1. The lowest BCUT2D eigenvalue weighted by Crippen LogP contribution is -2.36. The first-order chi connectivity index (χ1) is 13.4. The molecule has 28 heavy (non-hydrogen) atoms. The van der Waals surface area contributed by atoms with E-state index in [9.17, 15) is 17.6 Å². The fourth-order valence-corrected chi connectivity index (χ4v) is 5.92. The molecule has 1 aromatic heterocycles. The monoisotopic (exact) mass is 425 g/mol. The molecule has 0 aliphatic carbocycles. The number of rotatable bonds is 5. The summed E-state index contributed by atoms with van der Waals surface area (Å²) in [6.07, 6.45) is 1.62. The molecule has 2 aliphatic heterocycles. The number of anilines is 1. The summed E-state index contributed by atoms with van der Waals surface area (Å²) in [6.45, 7) is 1.15. The lowest BCUT2D eigenvalue weighted by molar-refractivity contribution is -0.124. The van der Waals surface area contributed by atoms with Crippen molar-refractivity contribution < 1.29 is 22.3 Å². The van der Waals surface area contributed by atoms with Crippen molar-refractivity contribution in [2.24, 2.45) is 0 Å². The smallest absolute Gasteiger partial charge is 0.255 e. The number of aromatic nitrogens is 1. The van der Waals surface area contributed by atoms with Crippen molar-refractivity contribution in [1.29, 1.82) is 0 Å². The van der Waals surface area contributed by atoms with Gasteiger partial charge in [0.15, 0.2) is 5.13 Å². The molecule has 4 rings (SSSR count). The minimum Gasteiger partial charge on any atom is -0.368 e. The largest absolute Gasteiger partial charge is 0.368 e. The van der Waals surface area contributed by atoms with Gasteiger partial charge in [0.2, 0.25) is 10.0 Å². The Bertz CT molecular complexity index is 969. The summed E-state index contributed by atoms with van der Waals surface area (Å²) >= 11 is 1.30. The fraction of sp³-hybridized carbons (Fsp3) is 0.444. The third-order valence-electron chi connectivity index (χ3n) is 4.80. The van der Waals surface area contributed by atoms with Gasteiger partial charge in [-0.1, -0.05) is 12.1 Å². The minimum atomic E-state index is -3.54. The first kappa shape index (κ1) is 19.4. The second-order valence-corrected chi connectivity index (χ2v) is 9.90. The molecule has 1 saturated heterocycles. The second-order valence-electron chi connectivity index (χ2n) is 6.85. The Morgan fingerprint density at radius 1 is 1.36 bits per heavy atom. The first-order valence-corrected chi connectivity index (χ1v) is 11.5. The summed E-state index contributed by atoms with van der Waals surface area (Å²) < 4.78 is 45.3. The highest BCUT2D eigenvalue weighted by Crippen LogP contribution is 2.30. The van der Waals surface area contributed by atoms with Gasteiger partial charge in [-0.25, -0.2) is 17.8 Å². The Kier molecular flexibility index (Phi) is 5.46. The van der Waals surface area contributed by atoms with Gasteiger partial charge >= 0.3 is 0 Å². The molecule has 150 valence electrons. The van der Waals surface area contributed by atoms with Crippen LogP contribution in [0, 0.1) is 5.82 Å². The number of nitrogens with zero attached hydrogens (tertiary/aromatic N) is 2. The van der Waals surface area contributed by atoms with Crippen molar-refractivity contribution >= 4 is 32.4 Å². The molecule has 0 radical (unpaired) electrons. The van der Waals surface area contributed by atoms with Crippen LogP contribution in [0.1, 0.15) is 29.0 Å². The topological polar surface area (TPSA) is 88.6 Å². The van der Waals surface area contributed by atoms with Crippen LogP contribution in [-0.4, -0.2) is 42.9 Å². The molecular formula is C18H20FN3O4S2. The van der Waals surface area contributed by atoms with Crippen molar-refractivity contribution in [3.8, 4) is 0 Å². The molecule has 1 N–H and O–H groups in total. The van der Waals surface area contributed by atoms with E-state index in [1.807, 2.05) is 0 Å². The number of ether oxygens (including phenoxy) is 1. The predicted octanol–water partition coefficient (Wildman–Crippen LogP) is 2.29. The van der Waals surface area contributed by atoms with E-state index in [1.54, 1.807) is 0 Å². The second kappa shape index (κ2) is 7.86. The standard InChI is InChI=1S/C18H20FN3O4S2/c19-13-5-3-12(4-6-13)11-28(24,25)22-8-7-14-16(10-22)27-18(20-14)21-17(23)15-2-1-9-26-15/h3-6,15H,1-2,7-11H2,(H,20,21,23). The van der Waals surface area contributed by atoms with Crippen molar-refractivity contribution in [3.05, 3.63) is 46.2 Å². The van der Waals surface area contributed by atoms with Gasteiger partial charge in [-0.05, 0) is 30.5 Å². The number of thiazole rings is 1. The van der Waals surface area contributed by atoms with Gasteiger partial charge in [-0.2, -0.15) is 4.31 Å². The Hall–Kier alpha value is -1.88. The highest BCUT2D eigenvalue weighted by molar-refractivity contribution is 7.88. The van der Waals surface area contributed by atoms with Crippen molar-refractivity contribution in [1.82, 2.24) is 9.29 Å². The van der Waals surface area contributed by atoms with E-state index in [2.05, 4.69) is 10.3 Å². The number of amides is 1. The van der Waals surface area contributed by atoms with Crippen molar-refractivity contribution in [2.75, 3.05) is 18.5 Å². The van der Waals surface area contributed by atoms with Crippen LogP contribution >= 0.6 is 11.3 Å². The number of sulfonamides is 1. The number of carbonyl (C=O) groups is 1. The maximum Gasteiger partial charge on any atom is 0.255 e. The third-order valence-corrected chi connectivity index (χ3v) is 7.60. The van der Waals surface area contributed by atoms with E-state index in [1.165, 1.54) is 39.9 Å². The lowest BCUT2D eigenvalue weighted by atomic mass is 10.2. The zero-order chi connectivity index (χ0) is 19.7. The molecule has 0 bridgehead atoms. The highest BCUT2D eigenvalue weighted by atomic mass is 32.2. The van der Waals surface area contributed by atoms with Crippen LogP contribution in [0.15, 0.2) is 24.3 Å². The number of benzene rings is 1. The summed E-state index contributed by atoms with van der Waals surface area (Å²) in [7, 11) is -3.54. The summed E-state index contributed by atoms with van der Waals surface area (Å²) in [6, 6.07) is 5.47. The number of hydrogen-bond donors (Lipinski definition) is 1. The Morgan fingerprint density at radius 2 is 2.14 bits per heavy atom. The Labute approximate surface area is 166 Å². The molecule has 3 heterocycles. The molecule has 2 aromatic rings. The third kappa shape index (κ3) is 4.24. The molecule has 0 spiro atoms. The molecule has 1 amide bonds. The maximum absolute atomic E-state index is 13.0. The van der Waals surface area contributed by atoms with E-state index in [0.717, 1.165) is 17.0 Å². The van der Waals surface area contributed by atoms with E-state index in [-0.39, 0.29) is 18.2 Å². The molecule has 1 aromatic carbocycles. The van der Waals surface area contributed by atoms with Crippen molar-refractivity contribution in [2.45, 2.75) is 37.7 Å². The minimum absolute atomic E-state index is 0.177. The van der Waals surface area contributed by atoms with Gasteiger partial charge in [-0.3, -0.25) is 10.1 Å². The predicted molar refractivity (Wildman–Crippen MR) is 103 cm³/mol. The van der Waals surface area contributed by atoms with Gasteiger partial charge in [0.25, 0.3) is 5.91 Å². The molecule has 7 nitrogen and oxygen atoms in total. The average Bonchev–Trinajstić information content (AvgIpc) is 3.32. The molecule has 1 fully saturated rings. The van der Waals surface area contributed by atoms with Gasteiger partial charge in [0.1, 0.15) is 11.9 Å². The summed E-state index contributed by atoms with van der Waals surface area (Å²) in [5, 5.41) is 3.26.